The molecule has 3 atom stereocenters. The maximum absolute atomic E-state index is 12.2. The van der Waals surface area contributed by atoms with Crippen molar-refractivity contribution in [3.63, 3.8) is 0 Å². The topological polar surface area (TPSA) is 125 Å². The Kier molecular flexibility index (Phi) is 4.70. The highest BCUT2D eigenvalue weighted by Crippen LogP contribution is 2.30. The molecule has 1 aliphatic heterocycles. The zero-order valence-electron chi connectivity index (χ0n) is 12.7. The number of anilines is 1. The number of hydrogen-bond donors (Lipinski definition) is 4. The van der Waals surface area contributed by atoms with Gasteiger partial charge >= 0.3 is 0 Å². The molecule has 8 nitrogen and oxygen atoms in total. The van der Waals surface area contributed by atoms with E-state index in [2.05, 4.69) is 15.3 Å². The summed E-state index contributed by atoms with van der Waals surface area (Å²) < 4.78 is 5.43. The molecule has 0 unspecified atom stereocenters. The average molecular weight is 331 g/mol. The Morgan fingerprint density at radius 1 is 1.38 bits per heavy atom. The van der Waals surface area contributed by atoms with Crippen LogP contribution in [0.1, 0.15) is 28.4 Å². The number of carbonyl (C=O) groups is 1. The van der Waals surface area contributed by atoms with Gasteiger partial charge in [0.05, 0.1) is 24.4 Å². The van der Waals surface area contributed by atoms with Crippen molar-refractivity contribution in [2.24, 2.45) is 0 Å². The third-order valence-electron chi connectivity index (χ3n) is 3.85. The van der Waals surface area contributed by atoms with Gasteiger partial charge in [0.1, 0.15) is 6.10 Å². The van der Waals surface area contributed by atoms with Crippen molar-refractivity contribution in [3.8, 4) is 0 Å². The number of aliphatic hydroxyl groups is 2. The fourth-order valence-electron chi connectivity index (χ4n) is 2.56. The van der Waals surface area contributed by atoms with Crippen LogP contribution in [0.4, 0.5) is 5.95 Å². The first-order chi connectivity index (χ1) is 11.6. The van der Waals surface area contributed by atoms with Gasteiger partial charge in [-0.05, 0) is 12.1 Å². The molecule has 1 saturated heterocycles. The number of benzene rings is 1. The Hall–Kier alpha value is -2.55. The lowest BCUT2D eigenvalue weighted by Gasteiger charge is -2.12. The van der Waals surface area contributed by atoms with Gasteiger partial charge in [-0.1, -0.05) is 18.2 Å². The highest BCUT2D eigenvalue weighted by molar-refractivity contribution is 6.03. The van der Waals surface area contributed by atoms with E-state index in [1.165, 1.54) is 6.20 Å². The fraction of sp³-hybridized carbons (Fsp3) is 0.312. The second kappa shape index (κ2) is 6.91. The number of rotatable bonds is 4. The predicted molar refractivity (Wildman–Crippen MR) is 84.6 cm³/mol. The van der Waals surface area contributed by atoms with Crippen molar-refractivity contribution in [1.82, 2.24) is 9.97 Å². The van der Waals surface area contributed by atoms with Gasteiger partial charge in [0, 0.05) is 18.2 Å². The van der Waals surface area contributed by atoms with Crippen LogP contribution >= 0.6 is 0 Å². The van der Waals surface area contributed by atoms with Gasteiger partial charge in [0.2, 0.25) is 5.95 Å². The Labute approximate surface area is 137 Å². The molecule has 1 amide bonds. The number of aromatic amines is 1. The maximum Gasteiger partial charge on any atom is 0.258 e. The van der Waals surface area contributed by atoms with E-state index >= 15 is 0 Å². The van der Waals surface area contributed by atoms with Crippen molar-refractivity contribution in [2.75, 3.05) is 11.9 Å². The minimum absolute atomic E-state index is 0.0230. The molecular formula is C16H17N3O5. The van der Waals surface area contributed by atoms with Gasteiger partial charge in [-0.2, -0.15) is 0 Å². The normalized spacial score (nSPS) is 23.2. The zero-order chi connectivity index (χ0) is 17.1. The lowest BCUT2D eigenvalue weighted by Crippen LogP contribution is -2.24. The van der Waals surface area contributed by atoms with E-state index in [0.29, 0.717) is 5.56 Å². The van der Waals surface area contributed by atoms with Gasteiger partial charge in [-0.3, -0.25) is 19.9 Å². The van der Waals surface area contributed by atoms with Gasteiger partial charge in [0.15, 0.2) is 0 Å². The smallest absolute Gasteiger partial charge is 0.258 e. The number of aliphatic hydroxyl groups excluding tert-OH is 2. The van der Waals surface area contributed by atoms with E-state index in [1.54, 1.807) is 30.3 Å². The SMILES string of the molecule is O=C(Nc1ncc([C@H]2C[C@H](O)[C@@H](CO)O2)c(=O)[nH]1)c1ccccc1. The number of ether oxygens (including phenoxy) is 1. The summed E-state index contributed by atoms with van der Waals surface area (Å²) in [5.74, 6) is -0.366. The molecule has 4 N–H and O–H groups in total. The quantitative estimate of drug-likeness (QED) is 0.634. The van der Waals surface area contributed by atoms with Crippen LogP contribution in [0.5, 0.6) is 0 Å². The third kappa shape index (κ3) is 3.35. The van der Waals surface area contributed by atoms with E-state index < -0.39 is 23.9 Å². The summed E-state index contributed by atoms with van der Waals surface area (Å²) in [6, 6.07) is 8.54. The van der Waals surface area contributed by atoms with Crippen LogP contribution < -0.4 is 10.9 Å². The number of carbonyl (C=O) groups excluding carboxylic acids is 1. The lowest BCUT2D eigenvalue weighted by atomic mass is 10.1. The summed E-state index contributed by atoms with van der Waals surface area (Å²) >= 11 is 0. The van der Waals surface area contributed by atoms with Crippen LogP contribution in [0.15, 0.2) is 41.3 Å². The molecule has 126 valence electrons. The molecule has 2 aromatic rings. The van der Waals surface area contributed by atoms with E-state index in [0.717, 1.165) is 0 Å². The summed E-state index contributed by atoms with van der Waals surface area (Å²) in [4.78, 5) is 30.7. The van der Waals surface area contributed by atoms with E-state index in [9.17, 15) is 14.7 Å². The summed E-state index contributed by atoms with van der Waals surface area (Å²) in [5, 5.41) is 21.3. The average Bonchev–Trinajstić information content (AvgIpc) is 2.96. The molecule has 24 heavy (non-hydrogen) atoms. The molecule has 0 aliphatic carbocycles. The predicted octanol–water partition coefficient (Wildman–Crippen LogP) is 0.205. The monoisotopic (exact) mass is 331 g/mol. The van der Waals surface area contributed by atoms with Crippen molar-refractivity contribution >= 4 is 11.9 Å². The highest BCUT2D eigenvalue weighted by Gasteiger charge is 2.35. The lowest BCUT2D eigenvalue weighted by molar-refractivity contribution is -0.0229. The number of amides is 1. The molecule has 1 aromatic carbocycles. The number of H-pyrrole nitrogens is 1. The van der Waals surface area contributed by atoms with Gasteiger partial charge in [-0.15, -0.1) is 0 Å². The Balaban J connectivity index is 1.74. The van der Waals surface area contributed by atoms with Crippen LogP contribution in [-0.4, -0.2) is 44.9 Å². The van der Waals surface area contributed by atoms with E-state index in [1.807, 2.05) is 0 Å². The molecule has 0 saturated carbocycles. The third-order valence-corrected chi connectivity index (χ3v) is 3.85. The molecule has 2 heterocycles. The molecule has 0 spiro atoms. The molecule has 0 radical (unpaired) electrons. The molecule has 3 rings (SSSR count). The molecule has 0 bridgehead atoms. The van der Waals surface area contributed by atoms with Crippen molar-refractivity contribution in [1.29, 1.82) is 0 Å². The first-order valence-electron chi connectivity index (χ1n) is 7.48. The fourth-order valence-corrected chi connectivity index (χ4v) is 2.56. The Morgan fingerprint density at radius 2 is 2.12 bits per heavy atom. The van der Waals surface area contributed by atoms with Gasteiger partial charge < -0.3 is 14.9 Å². The molecular weight excluding hydrogens is 314 g/mol. The largest absolute Gasteiger partial charge is 0.394 e. The second-order valence-corrected chi connectivity index (χ2v) is 5.49. The molecule has 1 fully saturated rings. The Bertz CT molecular complexity index is 777. The molecule has 1 aliphatic rings. The standard InChI is InChI=1S/C16H17N3O5/c20-8-13-11(21)6-12(24-13)10-7-17-16(19-15(10)23)18-14(22)9-4-2-1-3-5-9/h1-5,7,11-13,20-21H,6,8H2,(H2,17,18,19,22,23)/t11-,12+,13+/m0/s1. The summed E-state index contributed by atoms with van der Waals surface area (Å²) in [6.45, 7) is -0.325. The van der Waals surface area contributed by atoms with Gasteiger partial charge in [0.25, 0.3) is 11.5 Å². The van der Waals surface area contributed by atoms with Crippen LogP contribution in [0.25, 0.3) is 0 Å². The minimum Gasteiger partial charge on any atom is -0.394 e. The molecule has 8 heteroatoms. The summed E-state index contributed by atoms with van der Waals surface area (Å²) in [6.07, 6.45) is -0.696. The number of nitrogens with zero attached hydrogens (tertiary/aromatic N) is 1. The summed E-state index contributed by atoms with van der Waals surface area (Å²) in [5.41, 5.74) is 0.212. The first-order valence-corrected chi connectivity index (χ1v) is 7.48. The maximum atomic E-state index is 12.2. The van der Waals surface area contributed by atoms with Crippen LogP contribution in [0.2, 0.25) is 0 Å². The van der Waals surface area contributed by atoms with E-state index in [4.69, 9.17) is 9.84 Å². The van der Waals surface area contributed by atoms with E-state index in [-0.39, 0.29) is 30.4 Å². The number of nitrogens with one attached hydrogen (secondary N) is 2. The second-order valence-electron chi connectivity index (χ2n) is 5.49. The van der Waals surface area contributed by atoms with Crippen molar-refractivity contribution in [2.45, 2.75) is 24.7 Å². The number of aromatic nitrogens is 2. The van der Waals surface area contributed by atoms with Crippen molar-refractivity contribution in [3.05, 3.63) is 58.0 Å². The minimum atomic E-state index is -0.836. The molecule has 1 aromatic heterocycles. The van der Waals surface area contributed by atoms with Crippen LogP contribution in [-0.2, 0) is 4.74 Å². The van der Waals surface area contributed by atoms with Crippen molar-refractivity contribution < 1.29 is 19.7 Å². The number of hydrogen-bond acceptors (Lipinski definition) is 6. The zero-order valence-corrected chi connectivity index (χ0v) is 12.7. The highest BCUT2D eigenvalue weighted by atomic mass is 16.5. The van der Waals surface area contributed by atoms with Gasteiger partial charge in [-0.25, -0.2) is 4.98 Å². The van der Waals surface area contributed by atoms with Crippen LogP contribution in [0.3, 0.4) is 0 Å². The Morgan fingerprint density at radius 3 is 2.75 bits per heavy atom. The van der Waals surface area contributed by atoms with Crippen LogP contribution in [0, 0.1) is 0 Å². The first kappa shape index (κ1) is 16.3. The summed E-state index contributed by atoms with van der Waals surface area (Å²) in [7, 11) is 0.